The van der Waals surface area contributed by atoms with Gasteiger partial charge in [-0.2, -0.15) is 0 Å². The number of ether oxygens (including phenoxy) is 1. The number of methoxy groups -OCH3 is 1. The number of carbonyl (C=O) groups excluding carboxylic acids is 1. The van der Waals surface area contributed by atoms with Gasteiger partial charge in [0.25, 0.3) is 0 Å². The summed E-state index contributed by atoms with van der Waals surface area (Å²) in [6.45, 7) is 2.03. The van der Waals surface area contributed by atoms with E-state index in [2.05, 4.69) is 4.98 Å². The first-order valence-electron chi connectivity index (χ1n) is 8.04. The molecule has 7 nitrogen and oxygen atoms in total. The molecule has 24 heavy (non-hydrogen) atoms. The van der Waals surface area contributed by atoms with Crippen molar-refractivity contribution in [1.82, 2.24) is 14.2 Å². The lowest BCUT2D eigenvalue weighted by Crippen LogP contribution is -2.47. The Morgan fingerprint density at radius 1 is 1.46 bits per heavy atom. The van der Waals surface area contributed by atoms with Crippen molar-refractivity contribution in [3.05, 3.63) is 30.1 Å². The molecular formula is C16H25N3O4S. The number of sulfonamides is 1. The van der Waals surface area contributed by atoms with Crippen LogP contribution < -0.4 is 0 Å². The van der Waals surface area contributed by atoms with Gasteiger partial charge in [0.1, 0.15) is 0 Å². The van der Waals surface area contributed by atoms with Crippen LogP contribution in [-0.4, -0.2) is 68.1 Å². The molecule has 0 aromatic carbocycles. The summed E-state index contributed by atoms with van der Waals surface area (Å²) in [5.74, 6) is -0.347. The summed E-state index contributed by atoms with van der Waals surface area (Å²) in [4.78, 5) is 18.9. The number of pyridine rings is 1. The highest BCUT2D eigenvalue weighted by Crippen LogP contribution is 2.21. The van der Waals surface area contributed by atoms with Gasteiger partial charge in [0.2, 0.25) is 15.9 Å². The lowest BCUT2D eigenvalue weighted by atomic mass is 9.98. The van der Waals surface area contributed by atoms with Gasteiger partial charge < -0.3 is 9.64 Å². The number of nitrogens with zero attached hydrogens (tertiary/aromatic N) is 3. The van der Waals surface area contributed by atoms with E-state index in [-0.39, 0.29) is 18.4 Å². The fraction of sp³-hybridized carbons (Fsp3) is 0.625. The summed E-state index contributed by atoms with van der Waals surface area (Å²) in [6.07, 6.45) is 4.29. The third-order valence-electron chi connectivity index (χ3n) is 4.16. The molecule has 0 spiro atoms. The van der Waals surface area contributed by atoms with Gasteiger partial charge in [-0.15, -0.1) is 0 Å². The molecule has 8 heteroatoms. The molecule has 0 N–H and O–H groups in total. The first-order chi connectivity index (χ1) is 11.4. The molecule has 2 rings (SSSR count). The van der Waals surface area contributed by atoms with E-state index in [0.29, 0.717) is 39.1 Å². The fourth-order valence-electron chi connectivity index (χ4n) is 2.86. The Hall–Kier alpha value is -1.51. The maximum Gasteiger partial charge on any atom is 0.227 e. The summed E-state index contributed by atoms with van der Waals surface area (Å²) < 4.78 is 30.0. The van der Waals surface area contributed by atoms with E-state index < -0.39 is 10.0 Å². The number of aromatic nitrogens is 1. The van der Waals surface area contributed by atoms with Crippen LogP contribution in [0.5, 0.6) is 0 Å². The third-order valence-corrected chi connectivity index (χ3v) is 5.43. The first-order valence-corrected chi connectivity index (χ1v) is 9.89. The molecule has 1 amide bonds. The van der Waals surface area contributed by atoms with Crippen LogP contribution in [0.2, 0.25) is 0 Å². The predicted molar refractivity (Wildman–Crippen MR) is 90.7 cm³/mol. The summed E-state index contributed by atoms with van der Waals surface area (Å²) in [5.41, 5.74) is 0.803. The number of carbonyl (C=O) groups is 1. The van der Waals surface area contributed by atoms with E-state index in [1.54, 1.807) is 18.2 Å². The maximum atomic E-state index is 12.9. The van der Waals surface area contributed by atoms with Gasteiger partial charge in [0.15, 0.2) is 0 Å². The minimum absolute atomic E-state index is 0.0361. The van der Waals surface area contributed by atoms with Crippen LogP contribution >= 0.6 is 0 Å². The van der Waals surface area contributed by atoms with Crippen molar-refractivity contribution in [2.24, 2.45) is 5.92 Å². The van der Waals surface area contributed by atoms with Crippen LogP contribution in [0.4, 0.5) is 0 Å². The molecule has 0 bridgehead atoms. The number of hydrogen-bond donors (Lipinski definition) is 0. The number of hydrogen-bond acceptors (Lipinski definition) is 5. The lowest BCUT2D eigenvalue weighted by molar-refractivity contribution is -0.138. The monoisotopic (exact) mass is 355 g/mol. The Labute approximate surface area is 143 Å². The van der Waals surface area contributed by atoms with E-state index in [9.17, 15) is 13.2 Å². The second kappa shape index (κ2) is 8.55. The van der Waals surface area contributed by atoms with E-state index >= 15 is 0 Å². The van der Waals surface area contributed by atoms with Crippen molar-refractivity contribution in [3.8, 4) is 0 Å². The number of piperidine rings is 1. The third kappa shape index (κ3) is 5.25. The van der Waals surface area contributed by atoms with E-state index in [1.807, 2.05) is 18.2 Å². The molecule has 1 fully saturated rings. The summed E-state index contributed by atoms with van der Waals surface area (Å²) in [6, 6.07) is 5.58. The molecule has 1 aliphatic rings. The quantitative estimate of drug-likeness (QED) is 0.720. The van der Waals surface area contributed by atoms with Crippen LogP contribution in [0.25, 0.3) is 0 Å². The largest absolute Gasteiger partial charge is 0.383 e. The van der Waals surface area contributed by atoms with Crippen LogP contribution in [0.15, 0.2) is 24.4 Å². The smallest absolute Gasteiger partial charge is 0.227 e. The van der Waals surface area contributed by atoms with Gasteiger partial charge in [0, 0.05) is 32.9 Å². The Morgan fingerprint density at radius 3 is 2.88 bits per heavy atom. The second-order valence-corrected chi connectivity index (χ2v) is 8.02. The van der Waals surface area contributed by atoms with Crippen LogP contribution in [-0.2, 0) is 26.1 Å². The Kier molecular flexibility index (Phi) is 6.70. The highest BCUT2D eigenvalue weighted by atomic mass is 32.2. The zero-order valence-corrected chi connectivity index (χ0v) is 15.0. The molecule has 0 aliphatic carbocycles. The van der Waals surface area contributed by atoms with Crippen molar-refractivity contribution < 1.29 is 17.9 Å². The molecule has 0 radical (unpaired) electrons. The predicted octanol–water partition coefficient (Wildman–Crippen LogP) is 0.728. The maximum absolute atomic E-state index is 12.9. The summed E-state index contributed by atoms with van der Waals surface area (Å²) >= 11 is 0. The highest BCUT2D eigenvalue weighted by Gasteiger charge is 2.32. The van der Waals surface area contributed by atoms with E-state index in [0.717, 1.165) is 5.69 Å². The van der Waals surface area contributed by atoms with Crippen molar-refractivity contribution in [2.45, 2.75) is 19.4 Å². The molecule has 0 saturated carbocycles. The minimum Gasteiger partial charge on any atom is -0.383 e. The molecule has 1 aromatic rings. The molecule has 1 aromatic heterocycles. The summed E-state index contributed by atoms with van der Waals surface area (Å²) in [7, 11) is -1.68. The van der Waals surface area contributed by atoms with E-state index in [1.165, 1.54) is 10.6 Å². The van der Waals surface area contributed by atoms with Gasteiger partial charge >= 0.3 is 0 Å². The van der Waals surface area contributed by atoms with Crippen molar-refractivity contribution in [2.75, 3.05) is 39.6 Å². The van der Waals surface area contributed by atoms with Gasteiger partial charge in [-0.05, 0) is 25.0 Å². The second-order valence-electron chi connectivity index (χ2n) is 6.03. The zero-order chi connectivity index (χ0) is 17.6. The van der Waals surface area contributed by atoms with Gasteiger partial charge in [-0.25, -0.2) is 12.7 Å². The molecule has 1 atom stereocenters. The van der Waals surface area contributed by atoms with Crippen LogP contribution in [0, 0.1) is 5.92 Å². The zero-order valence-electron chi connectivity index (χ0n) is 14.2. The molecule has 1 unspecified atom stereocenters. The number of amides is 1. The standard InChI is InChI=1S/C16H25N3O4S/c1-23-11-10-18(13-15-7-3-4-8-17-15)16(20)14-6-5-9-19(12-14)24(2,21)22/h3-4,7-8,14H,5-6,9-13H2,1-2H3. The average Bonchev–Trinajstić information content (AvgIpc) is 2.58. The summed E-state index contributed by atoms with van der Waals surface area (Å²) in [5, 5.41) is 0. The van der Waals surface area contributed by atoms with Crippen molar-refractivity contribution in [3.63, 3.8) is 0 Å². The normalized spacial score (nSPS) is 19.2. The van der Waals surface area contributed by atoms with Crippen molar-refractivity contribution in [1.29, 1.82) is 0 Å². The Morgan fingerprint density at radius 2 is 2.25 bits per heavy atom. The molecular weight excluding hydrogens is 330 g/mol. The van der Waals surface area contributed by atoms with Crippen LogP contribution in [0.1, 0.15) is 18.5 Å². The Balaban J connectivity index is 2.08. The first kappa shape index (κ1) is 18.8. The molecule has 1 aliphatic heterocycles. The lowest BCUT2D eigenvalue weighted by Gasteiger charge is -2.33. The van der Waals surface area contributed by atoms with Gasteiger partial charge in [-0.3, -0.25) is 9.78 Å². The molecule has 2 heterocycles. The molecule has 1 saturated heterocycles. The SMILES string of the molecule is COCCN(Cc1ccccn1)C(=O)C1CCCN(S(C)(=O)=O)C1. The highest BCUT2D eigenvalue weighted by molar-refractivity contribution is 7.88. The van der Waals surface area contributed by atoms with E-state index in [4.69, 9.17) is 4.74 Å². The van der Waals surface area contributed by atoms with Gasteiger partial charge in [-0.1, -0.05) is 6.07 Å². The Bertz CT molecular complexity index is 636. The molecule has 134 valence electrons. The average molecular weight is 355 g/mol. The number of rotatable bonds is 7. The topological polar surface area (TPSA) is 79.8 Å². The van der Waals surface area contributed by atoms with Crippen molar-refractivity contribution >= 4 is 15.9 Å². The minimum atomic E-state index is -3.27. The van der Waals surface area contributed by atoms with Crippen LogP contribution in [0.3, 0.4) is 0 Å². The fourth-order valence-corrected chi connectivity index (χ4v) is 3.77. The van der Waals surface area contributed by atoms with Gasteiger partial charge in [0.05, 0.1) is 31.0 Å².